The van der Waals surface area contributed by atoms with Crippen molar-refractivity contribution in [2.75, 3.05) is 7.05 Å². The van der Waals surface area contributed by atoms with Crippen molar-refractivity contribution in [3.8, 4) is 11.5 Å². The van der Waals surface area contributed by atoms with Crippen LogP contribution in [0.5, 0.6) is 11.5 Å². The number of ether oxygens (including phenoxy) is 1. The molecule has 0 radical (unpaired) electrons. The Bertz CT molecular complexity index is 538. The predicted molar refractivity (Wildman–Crippen MR) is 73.0 cm³/mol. The number of pyridine rings is 1. The van der Waals surface area contributed by atoms with Crippen LogP contribution in [0.4, 0.5) is 0 Å². The fraction of sp³-hybridized carbons (Fsp3) is 0.267. The lowest BCUT2D eigenvalue weighted by Gasteiger charge is -2.11. The molecule has 1 heterocycles. The molecule has 0 fully saturated rings. The van der Waals surface area contributed by atoms with Crippen LogP contribution in [0.1, 0.15) is 16.8 Å². The molecular weight excluding hydrogens is 224 g/mol. The Morgan fingerprint density at radius 2 is 2.00 bits per heavy atom. The van der Waals surface area contributed by atoms with Crippen LogP contribution in [-0.2, 0) is 6.54 Å². The minimum Gasteiger partial charge on any atom is -0.455 e. The molecule has 0 atom stereocenters. The second-order valence-corrected chi connectivity index (χ2v) is 4.32. The molecule has 0 bridgehead atoms. The Kier molecular flexibility index (Phi) is 3.95. The molecule has 0 aliphatic rings. The number of aryl methyl sites for hydroxylation is 2. The lowest BCUT2D eigenvalue weighted by atomic mass is 10.1. The average Bonchev–Trinajstić information content (AvgIpc) is 2.35. The summed E-state index contributed by atoms with van der Waals surface area (Å²) in [7, 11) is 1.94. The lowest BCUT2D eigenvalue weighted by molar-refractivity contribution is 0.472. The molecule has 2 rings (SSSR count). The van der Waals surface area contributed by atoms with Crippen molar-refractivity contribution >= 4 is 0 Å². The molecular formula is C15H18N2O. The second-order valence-electron chi connectivity index (χ2n) is 4.32. The standard InChI is InChI=1S/C15H18N2O/c1-11-9-13(10-16-3)6-7-14(11)18-15-5-4-8-17-12(15)2/h4-9,16H,10H2,1-3H3. The first-order valence-electron chi connectivity index (χ1n) is 6.04. The molecule has 3 heteroatoms. The van der Waals surface area contributed by atoms with E-state index in [4.69, 9.17) is 4.74 Å². The molecule has 3 nitrogen and oxygen atoms in total. The summed E-state index contributed by atoms with van der Waals surface area (Å²) in [5, 5.41) is 3.14. The Hall–Kier alpha value is -1.87. The Labute approximate surface area is 108 Å². The van der Waals surface area contributed by atoms with Gasteiger partial charge in [-0.2, -0.15) is 0 Å². The molecule has 1 N–H and O–H groups in total. The van der Waals surface area contributed by atoms with Crippen LogP contribution in [-0.4, -0.2) is 12.0 Å². The van der Waals surface area contributed by atoms with Gasteiger partial charge in [0.1, 0.15) is 11.5 Å². The van der Waals surface area contributed by atoms with E-state index in [0.29, 0.717) is 0 Å². The van der Waals surface area contributed by atoms with E-state index >= 15 is 0 Å². The molecule has 0 aliphatic heterocycles. The summed E-state index contributed by atoms with van der Waals surface area (Å²) in [6.45, 7) is 4.87. The van der Waals surface area contributed by atoms with Crippen molar-refractivity contribution < 1.29 is 4.74 Å². The largest absolute Gasteiger partial charge is 0.455 e. The van der Waals surface area contributed by atoms with Gasteiger partial charge in [0.25, 0.3) is 0 Å². The molecule has 2 aromatic rings. The number of nitrogens with one attached hydrogen (secondary N) is 1. The van der Waals surface area contributed by atoms with Gasteiger partial charge in [-0.1, -0.05) is 12.1 Å². The summed E-state index contributed by atoms with van der Waals surface area (Å²) >= 11 is 0. The highest BCUT2D eigenvalue weighted by Crippen LogP contribution is 2.27. The maximum atomic E-state index is 5.89. The third-order valence-electron chi connectivity index (χ3n) is 2.80. The molecule has 1 aromatic carbocycles. The number of rotatable bonds is 4. The van der Waals surface area contributed by atoms with Crippen molar-refractivity contribution in [3.63, 3.8) is 0 Å². The van der Waals surface area contributed by atoms with Gasteiger partial charge in [0.15, 0.2) is 0 Å². The first-order chi connectivity index (χ1) is 8.70. The van der Waals surface area contributed by atoms with Gasteiger partial charge in [-0.05, 0) is 50.2 Å². The Morgan fingerprint density at radius 3 is 2.67 bits per heavy atom. The predicted octanol–water partition coefficient (Wildman–Crippen LogP) is 3.21. The first kappa shape index (κ1) is 12.6. The number of aromatic nitrogens is 1. The van der Waals surface area contributed by atoms with Crippen molar-refractivity contribution in [3.05, 3.63) is 53.3 Å². The number of hydrogen-bond acceptors (Lipinski definition) is 3. The zero-order valence-electron chi connectivity index (χ0n) is 11.0. The lowest BCUT2D eigenvalue weighted by Crippen LogP contribution is -2.05. The van der Waals surface area contributed by atoms with Crippen LogP contribution in [0.3, 0.4) is 0 Å². The van der Waals surface area contributed by atoms with Crippen molar-refractivity contribution in [1.82, 2.24) is 10.3 Å². The van der Waals surface area contributed by atoms with Gasteiger partial charge in [0, 0.05) is 12.7 Å². The van der Waals surface area contributed by atoms with Gasteiger partial charge >= 0.3 is 0 Å². The zero-order valence-corrected chi connectivity index (χ0v) is 11.0. The van der Waals surface area contributed by atoms with E-state index in [1.54, 1.807) is 6.20 Å². The number of nitrogens with zero attached hydrogens (tertiary/aromatic N) is 1. The summed E-state index contributed by atoms with van der Waals surface area (Å²) in [6.07, 6.45) is 1.77. The van der Waals surface area contributed by atoms with Crippen LogP contribution in [0.15, 0.2) is 36.5 Å². The Balaban J connectivity index is 2.22. The summed E-state index contributed by atoms with van der Waals surface area (Å²) in [6, 6.07) is 10.0. The normalized spacial score (nSPS) is 10.4. The molecule has 94 valence electrons. The van der Waals surface area contributed by atoms with Gasteiger partial charge in [-0.15, -0.1) is 0 Å². The van der Waals surface area contributed by atoms with Crippen LogP contribution in [0.2, 0.25) is 0 Å². The number of benzene rings is 1. The van der Waals surface area contributed by atoms with E-state index in [-0.39, 0.29) is 0 Å². The van der Waals surface area contributed by atoms with E-state index in [2.05, 4.69) is 29.4 Å². The SMILES string of the molecule is CNCc1ccc(Oc2cccnc2C)c(C)c1. The van der Waals surface area contributed by atoms with Gasteiger partial charge in [0.05, 0.1) is 5.69 Å². The summed E-state index contributed by atoms with van der Waals surface area (Å²) in [5.41, 5.74) is 3.28. The fourth-order valence-corrected chi connectivity index (χ4v) is 1.84. The molecule has 0 saturated heterocycles. The second kappa shape index (κ2) is 5.65. The van der Waals surface area contributed by atoms with Crippen molar-refractivity contribution in [1.29, 1.82) is 0 Å². The monoisotopic (exact) mass is 242 g/mol. The van der Waals surface area contributed by atoms with E-state index in [1.807, 2.05) is 32.2 Å². The third-order valence-corrected chi connectivity index (χ3v) is 2.80. The molecule has 0 aliphatic carbocycles. The zero-order chi connectivity index (χ0) is 13.0. The average molecular weight is 242 g/mol. The van der Waals surface area contributed by atoms with Gasteiger partial charge < -0.3 is 10.1 Å². The van der Waals surface area contributed by atoms with Crippen LogP contribution in [0, 0.1) is 13.8 Å². The highest BCUT2D eigenvalue weighted by atomic mass is 16.5. The van der Waals surface area contributed by atoms with Crippen LogP contribution < -0.4 is 10.1 Å². The third kappa shape index (κ3) is 2.87. The molecule has 1 aromatic heterocycles. The quantitative estimate of drug-likeness (QED) is 0.894. The topological polar surface area (TPSA) is 34.1 Å². The van der Waals surface area contributed by atoms with E-state index in [0.717, 1.165) is 29.3 Å². The summed E-state index contributed by atoms with van der Waals surface area (Å²) in [4.78, 5) is 4.22. The molecule has 0 spiro atoms. The summed E-state index contributed by atoms with van der Waals surface area (Å²) < 4.78 is 5.89. The Morgan fingerprint density at radius 1 is 1.17 bits per heavy atom. The maximum absolute atomic E-state index is 5.89. The van der Waals surface area contributed by atoms with E-state index in [9.17, 15) is 0 Å². The van der Waals surface area contributed by atoms with Crippen molar-refractivity contribution in [2.24, 2.45) is 0 Å². The van der Waals surface area contributed by atoms with Crippen LogP contribution in [0.25, 0.3) is 0 Å². The fourth-order valence-electron chi connectivity index (χ4n) is 1.84. The highest BCUT2D eigenvalue weighted by Gasteiger charge is 2.05. The molecule has 0 amide bonds. The first-order valence-corrected chi connectivity index (χ1v) is 6.04. The van der Waals surface area contributed by atoms with Crippen molar-refractivity contribution in [2.45, 2.75) is 20.4 Å². The van der Waals surface area contributed by atoms with E-state index < -0.39 is 0 Å². The van der Waals surface area contributed by atoms with Gasteiger partial charge in [0.2, 0.25) is 0 Å². The van der Waals surface area contributed by atoms with E-state index in [1.165, 1.54) is 5.56 Å². The number of hydrogen-bond donors (Lipinski definition) is 1. The smallest absolute Gasteiger partial charge is 0.148 e. The van der Waals surface area contributed by atoms with Gasteiger partial charge in [-0.3, -0.25) is 4.98 Å². The molecule has 18 heavy (non-hydrogen) atoms. The minimum atomic E-state index is 0.807. The van der Waals surface area contributed by atoms with Crippen LogP contribution >= 0.6 is 0 Å². The minimum absolute atomic E-state index is 0.807. The summed E-state index contributed by atoms with van der Waals surface area (Å²) in [5.74, 6) is 1.69. The molecule has 0 unspecified atom stereocenters. The maximum Gasteiger partial charge on any atom is 0.148 e. The highest BCUT2D eigenvalue weighted by molar-refractivity contribution is 5.40. The molecule has 0 saturated carbocycles. The van der Waals surface area contributed by atoms with Gasteiger partial charge in [-0.25, -0.2) is 0 Å².